The monoisotopic (exact) mass is 376 g/mol. The van der Waals surface area contributed by atoms with E-state index in [0.29, 0.717) is 12.5 Å². The van der Waals surface area contributed by atoms with Crippen LogP contribution in [0, 0.1) is 16.0 Å². The van der Waals surface area contributed by atoms with Crippen LogP contribution < -0.4 is 4.74 Å². The first-order chi connectivity index (χ1) is 13.1. The van der Waals surface area contributed by atoms with Crippen molar-refractivity contribution in [1.29, 1.82) is 0 Å². The summed E-state index contributed by atoms with van der Waals surface area (Å²) in [6.07, 6.45) is 6.69. The smallest absolute Gasteiger partial charge is 0.344 e. The predicted octanol–water partition coefficient (Wildman–Crippen LogP) is 2.70. The minimum atomic E-state index is -0.723. The molecule has 0 bridgehead atoms. The van der Waals surface area contributed by atoms with Gasteiger partial charge in [-0.1, -0.05) is 25.0 Å². The fourth-order valence-corrected chi connectivity index (χ4v) is 4.07. The number of carbonyl (C=O) groups is 2. The van der Waals surface area contributed by atoms with Gasteiger partial charge in [0, 0.05) is 18.7 Å². The Labute approximate surface area is 157 Å². The second-order valence-corrected chi connectivity index (χ2v) is 7.02. The zero-order valence-corrected chi connectivity index (χ0v) is 15.2. The van der Waals surface area contributed by atoms with Crippen molar-refractivity contribution in [2.24, 2.45) is 5.92 Å². The molecule has 2 atom stereocenters. The first-order valence-corrected chi connectivity index (χ1v) is 9.37. The van der Waals surface area contributed by atoms with Crippen molar-refractivity contribution in [1.82, 2.24) is 4.90 Å². The van der Waals surface area contributed by atoms with Gasteiger partial charge in [-0.05, 0) is 37.7 Å². The Morgan fingerprint density at radius 1 is 1.11 bits per heavy atom. The summed E-state index contributed by atoms with van der Waals surface area (Å²) in [7, 11) is 0. The lowest BCUT2D eigenvalue weighted by molar-refractivity contribution is -0.385. The van der Waals surface area contributed by atoms with Crippen LogP contribution in [0.25, 0.3) is 0 Å². The number of hydrogen-bond donors (Lipinski definition) is 0. The molecule has 1 aliphatic heterocycles. The molecule has 8 heteroatoms. The topological polar surface area (TPSA) is 99.0 Å². The molecule has 27 heavy (non-hydrogen) atoms. The minimum absolute atomic E-state index is 0.00754. The highest BCUT2D eigenvalue weighted by atomic mass is 16.6. The Morgan fingerprint density at radius 2 is 1.85 bits per heavy atom. The Balaban J connectivity index is 1.47. The van der Waals surface area contributed by atoms with Crippen molar-refractivity contribution in [2.45, 2.75) is 44.6 Å². The van der Waals surface area contributed by atoms with E-state index in [4.69, 9.17) is 9.47 Å². The summed E-state index contributed by atoms with van der Waals surface area (Å²) in [4.78, 5) is 36.6. The Bertz CT molecular complexity index is 705. The van der Waals surface area contributed by atoms with E-state index in [2.05, 4.69) is 0 Å². The molecule has 2 aliphatic rings. The third kappa shape index (κ3) is 4.75. The normalized spacial score (nSPS) is 21.9. The van der Waals surface area contributed by atoms with E-state index in [1.54, 1.807) is 6.07 Å². The van der Waals surface area contributed by atoms with Crippen LogP contribution in [0.15, 0.2) is 24.3 Å². The first kappa shape index (κ1) is 19.1. The van der Waals surface area contributed by atoms with Crippen LogP contribution in [0.2, 0.25) is 0 Å². The van der Waals surface area contributed by atoms with Crippen molar-refractivity contribution in [3.8, 4) is 5.75 Å². The summed E-state index contributed by atoms with van der Waals surface area (Å²) < 4.78 is 10.2. The number of carbonyl (C=O) groups excluding carboxylic acids is 2. The molecule has 1 heterocycles. The second kappa shape index (κ2) is 8.83. The van der Waals surface area contributed by atoms with E-state index in [0.717, 1.165) is 32.1 Å². The lowest BCUT2D eigenvalue weighted by Crippen LogP contribution is -2.51. The predicted molar refractivity (Wildman–Crippen MR) is 96.2 cm³/mol. The highest BCUT2D eigenvalue weighted by Crippen LogP contribution is 2.35. The maximum absolute atomic E-state index is 12.5. The second-order valence-electron chi connectivity index (χ2n) is 7.02. The average Bonchev–Trinajstić information content (AvgIpc) is 2.70. The molecule has 0 spiro atoms. The number of fused-ring (bicyclic) bond motifs is 1. The quantitative estimate of drug-likeness (QED) is 0.430. The van der Waals surface area contributed by atoms with Crippen molar-refractivity contribution < 1.29 is 24.0 Å². The van der Waals surface area contributed by atoms with E-state index >= 15 is 0 Å². The van der Waals surface area contributed by atoms with Gasteiger partial charge in [0.05, 0.1) is 4.92 Å². The fraction of sp³-hybridized carbons (Fsp3) is 0.579. The number of ether oxygens (including phenoxy) is 2. The van der Waals surface area contributed by atoms with Gasteiger partial charge in [-0.2, -0.15) is 0 Å². The highest BCUT2D eigenvalue weighted by molar-refractivity contribution is 5.81. The standard InChI is InChI=1S/C19H24N2O6/c22-18(20-11-5-7-14-6-1-2-8-15(14)20)12-27-19(23)13-26-17-10-4-3-9-16(17)21(24)25/h3-4,9-10,14-15H,1-2,5-8,11-13H2/t14-,15-/m0/s1. The number of likely N-dealkylation sites (tertiary alicyclic amines) is 1. The van der Waals surface area contributed by atoms with Gasteiger partial charge < -0.3 is 14.4 Å². The number of nitrogens with zero attached hydrogens (tertiary/aromatic N) is 2. The number of nitro groups is 1. The largest absolute Gasteiger partial charge is 0.475 e. The molecule has 1 amide bonds. The maximum Gasteiger partial charge on any atom is 0.344 e. The molecule has 1 saturated heterocycles. The molecule has 1 aromatic rings. The Morgan fingerprint density at radius 3 is 2.67 bits per heavy atom. The number of amides is 1. The van der Waals surface area contributed by atoms with Gasteiger partial charge in [0.1, 0.15) is 0 Å². The van der Waals surface area contributed by atoms with E-state index < -0.39 is 17.5 Å². The lowest BCUT2D eigenvalue weighted by atomic mass is 9.78. The van der Waals surface area contributed by atoms with Gasteiger partial charge in [0.25, 0.3) is 5.91 Å². The third-order valence-electron chi connectivity index (χ3n) is 5.33. The lowest BCUT2D eigenvalue weighted by Gasteiger charge is -2.44. The highest BCUT2D eigenvalue weighted by Gasteiger charge is 2.35. The van der Waals surface area contributed by atoms with Gasteiger partial charge in [0.2, 0.25) is 0 Å². The van der Waals surface area contributed by atoms with Gasteiger partial charge in [-0.25, -0.2) is 4.79 Å². The number of benzene rings is 1. The van der Waals surface area contributed by atoms with Gasteiger partial charge in [-0.3, -0.25) is 14.9 Å². The summed E-state index contributed by atoms with van der Waals surface area (Å²) in [5.41, 5.74) is -0.224. The van der Waals surface area contributed by atoms with Crippen LogP contribution in [-0.2, 0) is 14.3 Å². The molecule has 1 aliphatic carbocycles. The molecule has 2 fully saturated rings. The summed E-state index contributed by atoms with van der Waals surface area (Å²) >= 11 is 0. The molecular weight excluding hydrogens is 352 g/mol. The van der Waals surface area contributed by atoms with Crippen molar-refractivity contribution in [3.05, 3.63) is 34.4 Å². The molecule has 1 aromatic carbocycles. The van der Waals surface area contributed by atoms with Crippen LogP contribution in [-0.4, -0.2) is 47.5 Å². The van der Waals surface area contributed by atoms with E-state index in [1.165, 1.54) is 24.6 Å². The summed E-state index contributed by atoms with van der Waals surface area (Å²) in [6, 6.07) is 6.06. The molecule has 0 aromatic heterocycles. The van der Waals surface area contributed by atoms with E-state index in [9.17, 15) is 19.7 Å². The first-order valence-electron chi connectivity index (χ1n) is 9.37. The Kier molecular flexibility index (Phi) is 6.26. The van der Waals surface area contributed by atoms with Crippen LogP contribution in [0.3, 0.4) is 0 Å². The molecule has 146 valence electrons. The zero-order valence-electron chi connectivity index (χ0n) is 15.2. The van der Waals surface area contributed by atoms with Crippen LogP contribution in [0.4, 0.5) is 5.69 Å². The Hall–Kier alpha value is -2.64. The molecule has 0 radical (unpaired) electrons. The van der Waals surface area contributed by atoms with Crippen LogP contribution in [0.1, 0.15) is 38.5 Å². The van der Waals surface area contributed by atoms with E-state index in [-0.39, 0.29) is 30.0 Å². The van der Waals surface area contributed by atoms with Gasteiger partial charge >= 0.3 is 11.7 Å². The fourth-order valence-electron chi connectivity index (χ4n) is 4.07. The average molecular weight is 376 g/mol. The molecule has 0 unspecified atom stereocenters. The van der Waals surface area contributed by atoms with Crippen molar-refractivity contribution >= 4 is 17.6 Å². The third-order valence-corrected chi connectivity index (χ3v) is 5.33. The number of rotatable bonds is 6. The number of esters is 1. The van der Waals surface area contributed by atoms with Crippen molar-refractivity contribution in [2.75, 3.05) is 19.8 Å². The zero-order chi connectivity index (χ0) is 19.2. The SMILES string of the molecule is O=C(COc1ccccc1[N+](=O)[O-])OCC(=O)N1CCC[C@@H]2CCCC[C@@H]21. The van der Waals surface area contributed by atoms with Gasteiger partial charge in [0.15, 0.2) is 19.0 Å². The van der Waals surface area contributed by atoms with Crippen LogP contribution >= 0.6 is 0 Å². The molecular formula is C19H24N2O6. The summed E-state index contributed by atoms with van der Waals surface area (Å²) in [6.45, 7) is -0.0866. The van der Waals surface area contributed by atoms with E-state index in [1.807, 2.05) is 4.90 Å². The van der Waals surface area contributed by atoms with Gasteiger partial charge in [-0.15, -0.1) is 0 Å². The summed E-state index contributed by atoms with van der Waals surface area (Å²) in [5, 5.41) is 10.9. The maximum atomic E-state index is 12.5. The number of hydrogen-bond acceptors (Lipinski definition) is 6. The van der Waals surface area contributed by atoms with Crippen molar-refractivity contribution in [3.63, 3.8) is 0 Å². The summed E-state index contributed by atoms with van der Waals surface area (Å²) in [5.74, 6) is -0.342. The van der Waals surface area contributed by atoms with Crippen LogP contribution in [0.5, 0.6) is 5.75 Å². The molecule has 1 saturated carbocycles. The molecule has 0 N–H and O–H groups in total. The molecule has 3 rings (SSSR count). The minimum Gasteiger partial charge on any atom is -0.475 e. The molecule has 8 nitrogen and oxygen atoms in total. The number of nitro benzene ring substituents is 1. The number of para-hydroxylation sites is 2. The number of piperidine rings is 1.